The molecule has 1 fully saturated rings. The maximum atomic E-state index is 13.7. The number of anilines is 1. The van der Waals surface area contributed by atoms with Crippen LogP contribution >= 0.6 is 24.0 Å². The number of hydrogen-bond acceptors (Lipinski definition) is 8. The molecule has 0 aromatic heterocycles. The van der Waals surface area contributed by atoms with E-state index < -0.39 is 70.7 Å². The highest BCUT2D eigenvalue weighted by atomic mass is 32.2. The summed E-state index contributed by atoms with van der Waals surface area (Å²) in [5.41, 5.74) is -3.93. The Balaban J connectivity index is 1.67. The second kappa shape index (κ2) is 14.6. The number of alkyl halides is 6. The van der Waals surface area contributed by atoms with Gasteiger partial charge in [0.15, 0.2) is 18.1 Å². The topological polar surface area (TPSA) is 142 Å². The molecule has 4 rings (SSSR count). The average molecular weight is 729 g/mol. The fourth-order valence-electron chi connectivity index (χ4n) is 4.44. The molecule has 0 unspecified atom stereocenters. The van der Waals surface area contributed by atoms with E-state index in [0.29, 0.717) is 17.8 Å². The Hall–Kier alpha value is -5.10. The predicted molar refractivity (Wildman–Crippen MR) is 168 cm³/mol. The zero-order valence-corrected chi connectivity index (χ0v) is 26.4. The summed E-state index contributed by atoms with van der Waals surface area (Å²) < 4.78 is 92.6. The highest BCUT2D eigenvalue weighted by Gasteiger charge is 2.38. The van der Waals surface area contributed by atoms with Crippen molar-refractivity contribution >= 4 is 63.8 Å². The van der Waals surface area contributed by atoms with E-state index in [4.69, 9.17) is 31.9 Å². The van der Waals surface area contributed by atoms with Gasteiger partial charge in [-0.2, -0.15) is 26.3 Å². The third kappa shape index (κ3) is 9.08. The van der Waals surface area contributed by atoms with Crippen LogP contribution in [-0.4, -0.2) is 63.4 Å². The number of amides is 2. The van der Waals surface area contributed by atoms with Gasteiger partial charge in [-0.25, -0.2) is 9.59 Å². The van der Waals surface area contributed by atoms with Crippen molar-refractivity contribution in [1.29, 1.82) is 0 Å². The van der Waals surface area contributed by atoms with Gasteiger partial charge in [0.2, 0.25) is 5.91 Å². The summed E-state index contributed by atoms with van der Waals surface area (Å²) >= 11 is 6.10. The Morgan fingerprint density at radius 3 is 2.10 bits per heavy atom. The predicted octanol–water partition coefficient (Wildman–Crippen LogP) is 6.79. The highest BCUT2D eigenvalue weighted by molar-refractivity contribution is 8.26. The van der Waals surface area contributed by atoms with Gasteiger partial charge in [0, 0.05) is 24.2 Å². The first-order valence-electron chi connectivity index (χ1n) is 13.6. The smallest absolute Gasteiger partial charge is 0.416 e. The Morgan fingerprint density at radius 1 is 0.959 bits per heavy atom. The molecule has 0 atom stereocenters. The number of carboxylic acid groups (broad SMARTS) is 2. The number of methoxy groups -OCH3 is 1. The molecule has 0 bridgehead atoms. The second-order valence-electron chi connectivity index (χ2n) is 10.1. The molecule has 1 aliphatic rings. The first-order valence-corrected chi connectivity index (χ1v) is 14.8. The molecule has 3 N–H and O–H groups in total. The molecule has 3 aromatic carbocycles. The number of carbonyl (C=O) groups excluding carboxylic acids is 2. The second-order valence-corrected chi connectivity index (χ2v) is 11.8. The number of nitrogens with one attached hydrogen (secondary N) is 1. The number of benzene rings is 3. The van der Waals surface area contributed by atoms with Crippen molar-refractivity contribution in [1.82, 2.24) is 4.90 Å². The number of aliphatic carboxylic acids is 1. The molecule has 49 heavy (non-hydrogen) atoms. The first-order chi connectivity index (χ1) is 22.9. The SMILES string of the molecule is COc1cc(C=C2SC(=S)N(CCC(=O)Nc3ccc(C(=O)O)cc3)C2=O)cc(-c2cc(C(F)(F)F)cc(C(F)(F)F)c2)c1OCC(=O)O. The van der Waals surface area contributed by atoms with E-state index in [1.165, 1.54) is 36.4 Å². The van der Waals surface area contributed by atoms with Crippen LogP contribution < -0.4 is 14.8 Å². The summed E-state index contributed by atoms with van der Waals surface area (Å²) in [5, 5.41) is 20.7. The molecular weight excluding hydrogens is 706 g/mol. The van der Waals surface area contributed by atoms with Gasteiger partial charge >= 0.3 is 24.3 Å². The summed E-state index contributed by atoms with van der Waals surface area (Å²) in [4.78, 5) is 49.1. The van der Waals surface area contributed by atoms with Crippen molar-refractivity contribution < 1.29 is 65.2 Å². The Kier molecular flexibility index (Phi) is 10.9. The summed E-state index contributed by atoms with van der Waals surface area (Å²) in [6.45, 7) is -1.18. The number of thiocarbonyl (C=S) groups is 1. The van der Waals surface area contributed by atoms with Crippen LogP contribution in [0.4, 0.5) is 32.0 Å². The maximum Gasteiger partial charge on any atom is 0.416 e. The molecule has 3 aromatic rings. The zero-order chi connectivity index (χ0) is 36.3. The molecule has 10 nitrogen and oxygen atoms in total. The number of nitrogens with zero attached hydrogens (tertiary/aromatic N) is 1. The zero-order valence-electron chi connectivity index (χ0n) is 24.8. The van der Waals surface area contributed by atoms with Crippen molar-refractivity contribution in [2.75, 3.05) is 25.6 Å². The Labute approximate surface area is 282 Å². The van der Waals surface area contributed by atoms with Crippen LogP contribution in [0.1, 0.15) is 33.5 Å². The number of carbonyl (C=O) groups is 4. The highest BCUT2D eigenvalue weighted by Crippen LogP contribution is 2.45. The molecule has 1 saturated heterocycles. The summed E-state index contributed by atoms with van der Waals surface area (Å²) in [7, 11) is 1.11. The van der Waals surface area contributed by atoms with Crippen LogP contribution in [0.25, 0.3) is 17.2 Å². The molecule has 1 heterocycles. The lowest BCUT2D eigenvalue weighted by atomic mass is 9.96. The van der Waals surface area contributed by atoms with E-state index in [1.807, 2.05) is 0 Å². The summed E-state index contributed by atoms with van der Waals surface area (Å²) in [6, 6.07) is 8.49. The number of aromatic carboxylic acids is 1. The van der Waals surface area contributed by atoms with Crippen LogP contribution in [0.2, 0.25) is 0 Å². The van der Waals surface area contributed by atoms with Crippen LogP contribution in [0, 0.1) is 0 Å². The third-order valence-electron chi connectivity index (χ3n) is 6.69. The number of ether oxygens (including phenoxy) is 2. The Morgan fingerprint density at radius 2 is 1.57 bits per heavy atom. The lowest BCUT2D eigenvalue weighted by Gasteiger charge is -2.18. The number of halogens is 6. The largest absolute Gasteiger partial charge is 0.493 e. The molecule has 0 spiro atoms. The molecule has 18 heteroatoms. The summed E-state index contributed by atoms with van der Waals surface area (Å²) in [6.07, 6.45) is -9.34. The van der Waals surface area contributed by atoms with Gasteiger partial charge in [0.25, 0.3) is 5.91 Å². The van der Waals surface area contributed by atoms with Crippen LogP contribution in [-0.2, 0) is 26.7 Å². The molecule has 1 aliphatic heterocycles. The van der Waals surface area contributed by atoms with Crippen LogP contribution in [0.5, 0.6) is 11.5 Å². The average Bonchev–Trinajstić information content (AvgIpc) is 3.28. The van der Waals surface area contributed by atoms with E-state index in [-0.39, 0.29) is 45.1 Å². The maximum absolute atomic E-state index is 13.7. The minimum Gasteiger partial charge on any atom is -0.493 e. The number of hydrogen-bond donors (Lipinski definition) is 3. The first kappa shape index (κ1) is 36.7. The lowest BCUT2D eigenvalue weighted by molar-refractivity contribution is -0.143. The molecule has 0 aliphatic carbocycles. The quantitative estimate of drug-likeness (QED) is 0.110. The lowest BCUT2D eigenvalue weighted by Crippen LogP contribution is -2.31. The van der Waals surface area contributed by atoms with E-state index in [1.54, 1.807) is 0 Å². The Bertz CT molecular complexity index is 1830. The van der Waals surface area contributed by atoms with E-state index in [2.05, 4.69) is 5.32 Å². The normalized spacial score (nSPS) is 14.3. The molecule has 2 amide bonds. The molecule has 0 saturated carbocycles. The molecular formula is C31H22F6N2O8S2. The van der Waals surface area contributed by atoms with E-state index >= 15 is 0 Å². The van der Waals surface area contributed by atoms with Crippen LogP contribution in [0.15, 0.2) is 59.5 Å². The van der Waals surface area contributed by atoms with Gasteiger partial charge in [0.05, 0.1) is 28.7 Å². The van der Waals surface area contributed by atoms with Crippen molar-refractivity contribution in [3.05, 3.63) is 81.8 Å². The molecule has 258 valence electrons. The number of rotatable bonds is 11. The van der Waals surface area contributed by atoms with Crippen molar-refractivity contribution in [2.24, 2.45) is 0 Å². The van der Waals surface area contributed by atoms with Gasteiger partial charge in [0.1, 0.15) is 4.32 Å². The van der Waals surface area contributed by atoms with Crippen LogP contribution in [0.3, 0.4) is 0 Å². The standard InChI is InChI=1S/C31H22F6N2O8S2/c1-46-22-9-15(8-21(26(22)47-14-25(41)42)17-11-18(30(32,33)34)13-19(12-17)31(35,36)37)10-23-27(43)39(29(48)49-23)7-6-24(40)38-20-4-2-16(3-5-20)28(44)45/h2-5,8-13H,6-7,14H2,1H3,(H,38,40)(H,41,42)(H,44,45). The third-order valence-corrected chi connectivity index (χ3v) is 8.06. The number of thioether (sulfide) groups is 1. The van der Waals surface area contributed by atoms with Crippen molar-refractivity contribution in [3.8, 4) is 22.6 Å². The molecule has 0 radical (unpaired) electrons. The van der Waals surface area contributed by atoms with Gasteiger partial charge in [-0.3, -0.25) is 14.5 Å². The minimum absolute atomic E-state index is 0.00963. The van der Waals surface area contributed by atoms with Crippen molar-refractivity contribution in [2.45, 2.75) is 18.8 Å². The van der Waals surface area contributed by atoms with E-state index in [9.17, 15) is 45.5 Å². The van der Waals surface area contributed by atoms with Crippen molar-refractivity contribution in [3.63, 3.8) is 0 Å². The monoisotopic (exact) mass is 728 g/mol. The van der Waals surface area contributed by atoms with Gasteiger partial charge in [-0.1, -0.05) is 24.0 Å². The van der Waals surface area contributed by atoms with Gasteiger partial charge in [-0.15, -0.1) is 0 Å². The summed E-state index contributed by atoms with van der Waals surface area (Å²) in [5.74, 6) is -4.55. The van der Waals surface area contributed by atoms with Gasteiger partial charge < -0.3 is 25.0 Å². The fraction of sp³-hybridized carbons (Fsp3) is 0.194. The van der Waals surface area contributed by atoms with E-state index in [0.717, 1.165) is 29.8 Å². The van der Waals surface area contributed by atoms with Gasteiger partial charge in [-0.05, 0) is 71.8 Å². The number of carboxylic acids is 2. The minimum atomic E-state index is -5.18. The fourth-order valence-corrected chi connectivity index (χ4v) is 5.75.